The third-order valence-corrected chi connectivity index (χ3v) is 2.95. The molecule has 0 aliphatic carbocycles. The van der Waals surface area contributed by atoms with Gasteiger partial charge in [-0.05, 0) is 6.92 Å². The molecule has 6 nitrogen and oxygen atoms in total. The number of aromatic nitrogens is 3. The number of carbonyl (C=O) groups is 1. The molecular formula is C11H14N4O2S. The second-order valence-electron chi connectivity index (χ2n) is 3.65. The Kier molecular flexibility index (Phi) is 3.93. The fourth-order valence-corrected chi connectivity index (χ4v) is 2.15. The first-order valence-electron chi connectivity index (χ1n) is 5.53. The largest absolute Gasteiger partial charge is 0.466 e. The van der Waals surface area contributed by atoms with Gasteiger partial charge in [0, 0.05) is 18.6 Å². The molecule has 7 heteroatoms. The number of hydrogen-bond donors (Lipinski definition) is 1. The Labute approximate surface area is 109 Å². The van der Waals surface area contributed by atoms with E-state index in [1.54, 1.807) is 17.8 Å². The van der Waals surface area contributed by atoms with Gasteiger partial charge in [0.25, 0.3) is 0 Å². The lowest BCUT2D eigenvalue weighted by atomic mass is 10.3. The summed E-state index contributed by atoms with van der Waals surface area (Å²) in [6.45, 7) is 2.18. The van der Waals surface area contributed by atoms with Crippen molar-refractivity contribution in [1.29, 1.82) is 0 Å². The Hall–Kier alpha value is -1.89. The average molecular weight is 266 g/mol. The van der Waals surface area contributed by atoms with Crippen LogP contribution in [0.4, 0.5) is 10.8 Å². The van der Waals surface area contributed by atoms with Crippen LogP contribution in [0.1, 0.15) is 12.6 Å². The van der Waals surface area contributed by atoms with E-state index in [1.165, 1.54) is 11.3 Å². The standard InChI is InChI=1S/C11H14N4O2S/c1-3-17-10(16)4-8-7-18-11(13-8)14-9-5-12-15(2)6-9/h5-7H,3-4H2,1-2H3,(H,13,14). The van der Waals surface area contributed by atoms with E-state index in [-0.39, 0.29) is 12.4 Å². The first-order chi connectivity index (χ1) is 8.67. The molecule has 0 aliphatic heterocycles. The number of aryl methyl sites for hydroxylation is 1. The Morgan fingerprint density at radius 2 is 2.44 bits per heavy atom. The third-order valence-electron chi connectivity index (χ3n) is 2.14. The zero-order valence-electron chi connectivity index (χ0n) is 10.2. The highest BCUT2D eigenvalue weighted by Crippen LogP contribution is 2.20. The maximum Gasteiger partial charge on any atom is 0.311 e. The number of rotatable bonds is 5. The Morgan fingerprint density at radius 3 is 3.11 bits per heavy atom. The van der Waals surface area contributed by atoms with Crippen LogP contribution in [-0.2, 0) is 23.0 Å². The van der Waals surface area contributed by atoms with E-state index in [1.807, 2.05) is 18.6 Å². The van der Waals surface area contributed by atoms with Gasteiger partial charge in [0.1, 0.15) is 0 Å². The van der Waals surface area contributed by atoms with E-state index in [4.69, 9.17) is 4.74 Å². The Morgan fingerprint density at radius 1 is 1.61 bits per heavy atom. The summed E-state index contributed by atoms with van der Waals surface area (Å²) in [7, 11) is 1.85. The molecule has 0 fully saturated rings. The van der Waals surface area contributed by atoms with Gasteiger partial charge < -0.3 is 10.1 Å². The SMILES string of the molecule is CCOC(=O)Cc1csc(Nc2cnn(C)c2)n1. The summed E-state index contributed by atoms with van der Waals surface area (Å²) in [5.74, 6) is -0.254. The lowest BCUT2D eigenvalue weighted by Crippen LogP contribution is -2.07. The molecule has 2 heterocycles. The fraction of sp³-hybridized carbons (Fsp3) is 0.364. The minimum absolute atomic E-state index is 0.207. The summed E-state index contributed by atoms with van der Waals surface area (Å²) in [6, 6.07) is 0. The van der Waals surface area contributed by atoms with Gasteiger partial charge in [0.15, 0.2) is 5.13 Å². The van der Waals surface area contributed by atoms with Crippen molar-refractivity contribution >= 4 is 28.1 Å². The van der Waals surface area contributed by atoms with Crippen LogP contribution in [0.25, 0.3) is 0 Å². The number of nitrogens with one attached hydrogen (secondary N) is 1. The van der Waals surface area contributed by atoms with Gasteiger partial charge in [-0.15, -0.1) is 11.3 Å². The van der Waals surface area contributed by atoms with Crippen molar-refractivity contribution in [2.75, 3.05) is 11.9 Å². The van der Waals surface area contributed by atoms with Gasteiger partial charge >= 0.3 is 5.97 Å². The average Bonchev–Trinajstić information content (AvgIpc) is 2.89. The van der Waals surface area contributed by atoms with Crippen molar-refractivity contribution < 1.29 is 9.53 Å². The second kappa shape index (κ2) is 5.63. The van der Waals surface area contributed by atoms with Crippen molar-refractivity contribution in [2.24, 2.45) is 7.05 Å². The van der Waals surface area contributed by atoms with Crippen molar-refractivity contribution in [1.82, 2.24) is 14.8 Å². The van der Waals surface area contributed by atoms with E-state index in [0.29, 0.717) is 12.3 Å². The molecule has 0 bridgehead atoms. The van der Waals surface area contributed by atoms with Crippen molar-refractivity contribution in [3.05, 3.63) is 23.5 Å². The molecule has 0 aliphatic rings. The van der Waals surface area contributed by atoms with Gasteiger partial charge in [-0.25, -0.2) is 4.98 Å². The van der Waals surface area contributed by atoms with E-state index in [9.17, 15) is 4.79 Å². The molecule has 0 radical (unpaired) electrons. The molecule has 1 N–H and O–H groups in total. The first-order valence-corrected chi connectivity index (χ1v) is 6.41. The molecule has 0 unspecified atom stereocenters. The summed E-state index contributed by atoms with van der Waals surface area (Å²) < 4.78 is 6.57. The van der Waals surface area contributed by atoms with Crippen molar-refractivity contribution in [2.45, 2.75) is 13.3 Å². The van der Waals surface area contributed by atoms with Crippen LogP contribution in [0, 0.1) is 0 Å². The Bertz CT molecular complexity index is 535. The van der Waals surface area contributed by atoms with Crippen LogP contribution in [0.2, 0.25) is 0 Å². The van der Waals surface area contributed by atoms with E-state index in [0.717, 1.165) is 10.8 Å². The number of anilines is 2. The summed E-state index contributed by atoms with van der Waals surface area (Å²) in [5.41, 5.74) is 1.58. The molecule has 2 aromatic rings. The number of carbonyl (C=O) groups excluding carboxylic acids is 1. The molecule has 2 rings (SSSR count). The zero-order valence-corrected chi connectivity index (χ0v) is 11.0. The van der Waals surface area contributed by atoms with Crippen LogP contribution >= 0.6 is 11.3 Å². The maximum absolute atomic E-state index is 11.3. The maximum atomic E-state index is 11.3. The Balaban J connectivity index is 1.95. The number of hydrogen-bond acceptors (Lipinski definition) is 6. The molecule has 0 saturated carbocycles. The number of nitrogens with zero attached hydrogens (tertiary/aromatic N) is 3. The van der Waals surface area contributed by atoms with Crippen molar-refractivity contribution in [3.8, 4) is 0 Å². The molecule has 0 amide bonds. The van der Waals surface area contributed by atoms with E-state index in [2.05, 4.69) is 15.4 Å². The van der Waals surface area contributed by atoms with Crippen molar-refractivity contribution in [3.63, 3.8) is 0 Å². The third kappa shape index (κ3) is 3.30. The molecule has 96 valence electrons. The minimum atomic E-state index is -0.254. The van der Waals surface area contributed by atoms with Crippen LogP contribution in [0.5, 0.6) is 0 Å². The molecule has 0 atom stereocenters. The molecule has 0 aromatic carbocycles. The predicted molar refractivity (Wildman–Crippen MR) is 68.9 cm³/mol. The summed E-state index contributed by atoms with van der Waals surface area (Å²) in [6.07, 6.45) is 3.78. The highest BCUT2D eigenvalue weighted by atomic mass is 32.1. The summed E-state index contributed by atoms with van der Waals surface area (Å²) >= 11 is 1.45. The second-order valence-corrected chi connectivity index (χ2v) is 4.51. The lowest BCUT2D eigenvalue weighted by molar-refractivity contribution is -0.142. The lowest BCUT2D eigenvalue weighted by Gasteiger charge is -1.98. The minimum Gasteiger partial charge on any atom is -0.466 e. The fourth-order valence-electron chi connectivity index (χ4n) is 1.41. The topological polar surface area (TPSA) is 69.0 Å². The quantitative estimate of drug-likeness (QED) is 0.835. The molecule has 0 spiro atoms. The molecule has 0 saturated heterocycles. The highest BCUT2D eigenvalue weighted by molar-refractivity contribution is 7.13. The van der Waals surface area contributed by atoms with Gasteiger partial charge in [-0.3, -0.25) is 9.48 Å². The van der Waals surface area contributed by atoms with Gasteiger partial charge in [-0.2, -0.15) is 5.10 Å². The van der Waals surface area contributed by atoms with Gasteiger partial charge in [-0.1, -0.05) is 0 Å². The van der Waals surface area contributed by atoms with Crippen LogP contribution in [0.15, 0.2) is 17.8 Å². The number of esters is 1. The highest BCUT2D eigenvalue weighted by Gasteiger charge is 2.08. The molecule has 18 heavy (non-hydrogen) atoms. The van der Waals surface area contributed by atoms with Crippen LogP contribution in [-0.4, -0.2) is 27.3 Å². The molecular weight excluding hydrogens is 252 g/mol. The van der Waals surface area contributed by atoms with E-state index < -0.39 is 0 Å². The molecule has 2 aromatic heterocycles. The smallest absolute Gasteiger partial charge is 0.311 e. The van der Waals surface area contributed by atoms with Gasteiger partial charge in [0.2, 0.25) is 0 Å². The summed E-state index contributed by atoms with van der Waals surface area (Å²) in [4.78, 5) is 15.6. The number of thiazole rings is 1. The predicted octanol–water partition coefficient (Wildman–Crippen LogP) is 1.73. The van der Waals surface area contributed by atoms with Crippen LogP contribution in [0.3, 0.4) is 0 Å². The zero-order chi connectivity index (χ0) is 13.0. The van der Waals surface area contributed by atoms with E-state index >= 15 is 0 Å². The normalized spacial score (nSPS) is 10.3. The first kappa shape index (κ1) is 12.6. The van der Waals surface area contributed by atoms with Gasteiger partial charge in [0.05, 0.1) is 30.6 Å². The van der Waals surface area contributed by atoms with Crippen LogP contribution < -0.4 is 5.32 Å². The summed E-state index contributed by atoms with van der Waals surface area (Å²) in [5, 5.41) is 9.75. The number of ether oxygens (including phenoxy) is 1. The monoisotopic (exact) mass is 266 g/mol.